The number of rotatable bonds is 4. The average molecular weight is 212 g/mol. The molecule has 1 atom stereocenters. The molecule has 0 amide bonds. The van der Waals surface area contributed by atoms with E-state index in [-0.39, 0.29) is 11.9 Å². The predicted octanol–water partition coefficient (Wildman–Crippen LogP) is 4.03. The fraction of sp³-hybridized carbons (Fsp3) is 0.400. The highest BCUT2D eigenvalue weighted by Gasteiger charge is 2.12. The van der Waals surface area contributed by atoms with Gasteiger partial charge in [-0.3, -0.25) is 0 Å². The molecule has 1 aromatic carbocycles. The average Bonchev–Trinajstić information content (AvgIpc) is 2.22. The van der Waals surface area contributed by atoms with Crippen molar-refractivity contribution in [2.75, 3.05) is 6.26 Å². The van der Waals surface area contributed by atoms with Crippen molar-refractivity contribution in [2.24, 2.45) is 5.11 Å². The van der Waals surface area contributed by atoms with Crippen LogP contribution in [-0.4, -0.2) is 6.26 Å². The molecule has 0 aliphatic rings. The molecule has 1 aromatic rings. The molecule has 0 fully saturated rings. The van der Waals surface area contributed by atoms with Crippen molar-refractivity contribution in [2.45, 2.75) is 24.3 Å². The molecule has 0 spiro atoms. The Hall–Kier alpha value is -0.900. The molecule has 1 unspecified atom stereocenters. The van der Waals surface area contributed by atoms with Crippen LogP contribution in [0.15, 0.2) is 28.2 Å². The smallest absolute Gasteiger partial charge is 0.129 e. The summed E-state index contributed by atoms with van der Waals surface area (Å²) in [6, 6.07) is 4.73. The van der Waals surface area contributed by atoms with Crippen molar-refractivity contribution in [3.63, 3.8) is 0 Å². The van der Waals surface area contributed by atoms with Crippen LogP contribution in [0.5, 0.6) is 0 Å². The van der Waals surface area contributed by atoms with Crippen molar-refractivity contribution in [3.05, 3.63) is 29.6 Å². The van der Waals surface area contributed by atoms with Gasteiger partial charge in [0.25, 0.3) is 0 Å². The maximum atomic E-state index is 13.5. The van der Waals surface area contributed by atoms with Crippen molar-refractivity contribution >= 4 is 11.8 Å². The number of nitrogens with one attached hydrogen (secondary N) is 1. The third-order valence-electron chi connectivity index (χ3n) is 2.11. The van der Waals surface area contributed by atoms with Crippen LogP contribution in [0.1, 0.15) is 24.9 Å². The van der Waals surface area contributed by atoms with E-state index in [9.17, 15) is 4.39 Å². The second kappa shape index (κ2) is 5.10. The molecule has 1 rings (SSSR count). The summed E-state index contributed by atoms with van der Waals surface area (Å²) >= 11 is 1.50. The number of hydrogen-bond acceptors (Lipinski definition) is 3. The number of benzene rings is 1. The van der Waals surface area contributed by atoms with Crippen LogP contribution in [0.25, 0.3) is 0 Å². The van der Waals surface area contributed by atoms with Crippen molar-refractivity contribution in [1.82, 2.24) is 0 Å². The van der Waals surface area contributed by atoms with Gasteiger partial charge in [-0.1, -0.05) is 13.0 Å². The minimum atomic E-state index is -0.342. The molecule has 0 aliphatic carbocycles. The monoisotopic (exact) mass is 212 g/mol. The van der Waals surface area contributed by atoms with Gasteiger partial charge in [0.2, 0.25) is 0 Å². The molecule has 0 aliphatic heterocycles. The Bertz CT molecular complexity index is 328. The summed E-state index contributed by atoms with van der Waals surface area (Å²) in [6.07, 6.45) is 2.56. The lowest BCUT2D eigenvalue weighted by molar-refractivity contribution is 0.557. The van der Waals surface area contributed by atoms with Gasteiger partial charge < -0.3 is 0 Å². The maximum Gasteiger partial charge on any atom is 0.129 e. The lowest BCUT2D eigenvalue weighted by Gasteiger charge is -2.09. The summed E-state index contributed by atoms with van der Waals surface area (Å²) in [5.74, 6) is -0.264. The number of halogens is 1. The molecular formula is C10H13FN2S. The summed E-state index contributed by atoms with van der Waals surface area (Å²) in [5.41, 5.74) is 7.46. The van der Waals surface area contributed by atoms with Crippen LogP contribution < -0.4 is 0 Å². The van der Waals surface area contributed by atoms with Gasteiger partial charge >= 0.3 is 0 Å². The zero-order chi connectivity index (χ0) is 10.6. The minimum Gasteiger partial charge on any atom is -0.209 e. The zero-order valence-electron chi connectivity index (χ0n) is 8.25. The quantitative estimate of drug-likeness (QED) is 0.593. The summed E-state index contributed by atoms with van der Waals surface area (Å²) in [7, 11) is 0. The summed E-state index contributed by atoms with van der Waals surface area (Å²) in [4.78, 5) is 0.895. The molecule has 0 saturated heterocycles. The Morgan fingerprint density at radius 1 is 1.57 bits per heavy atom. The fourth-order valence-corrected chi connectivity index (χ4v) is 1.71. The van der Waals surface area contributed by atoms with Gasteiger partial charge in [-0.15, -0.1) is 11.8 Å². The van der Waals surface area contributed by atoms with E-state index in [1.807, 2.05) is 19.2 Å². The van der Waals surface area contributed by atoms with Gasteiger partial charge in [0.05, 0.1) is 6.04 Å². The molecule has 0 radical (unpaired) electrons. The molecule has 0 aromatic heterocycles. The van der Waals surface area contributed by atoms with Gasteiger partial charge in [-0.05, 0) is 24.8 Å². The van der Waals surface area contributed by atoms with E-state index < -0.39 is 0 Å². The van der Waals surface area contributed by atoms with E-state index in [0.29, 0.717) is 12.0 Å². The Morgan fingerprint density at radius 2 is 2.29 bits per heavy atom. The van der Waals surface area contributed by atoms with Gasteiger partial charge in [0.15, 0.2) is 0 Å². The van der Waals surface area contributed by atoms with Crippen LogP contribution in [0.2, 0.25) is 0 Å². The molecule has 2 nitrogen and oxygen atoms in total. The Balaban J connectivity index is 3.04. The molecule has 1 N–H and O–H groups in total. The lowest BCUT2D eigenvalue weighted by atomic mass is 10.1. The third-order valence-corrected chi connectivity index (χ3v) is 2.83. The van der Waals surface area contributed by atoms with Crippen LogP contribution in [-0.2, 0) is 0 Å². The first kappa shape index (κ1) is 11.2. The summed E-state index contributed by atoms with van der Waals surface area (Å²) in [6.45, 7) is 1.89. The molecule has 0 bridgehead atoms. The van der Waals surface area contributed by atoms with Gasteiger partial charge in [-0.2, -0.15) is 5.11 Å². The molecule has 4 heteroatoms. The summed E-state index contributed by atoms with van der Waals surface area (Å²) < 4.78 is 13.5. The van der Waals surface area contributed by atoms with Crippen LogP contribution >= 0.6 is 11.8 Å². The van der Waals surface area contributed by atoms with E-state index in [0.717, 1.165) is 4.90 Å². The highest BCUT2D eigenvalue weighted by Crippen LogP contribution is 2.26. The second-order valence-corrected chi connectivity index (χ2v) is 3.82. The molecular weight excluding hydrogens is 199 g/mol. The summed E-state index contributed by atoms with van der Waals surface area (Å²) in [5, 5.41) is 3.40. The van der Waals surface area contributed by atoms with Gasteiger partial charge in [0.1, 0.15) is 5.82 Å². The van der Waals surface area contributed by atoms with E-state index in [1.165, 1.54) is 17.8 Å². The van der Waals surface area contributed by atoms with E-state index in [4.69, 9.17) is 5.53 Å². The van der Waals surface area contributed by atoms with Crippen molar-refractivity contribution in [1.29, 1.82) is 5.53 Å². The Kier molecular flexibility index (Phi) is 4.07. The maximum absolute atomic E-state index is 13.5. The van der Waals surface area contributed by atoms with Crippen LogP contribution in [0.3, 0.4) is 0 Å². The highest BCUT2D eigenvalue weighted by molar-refractivity contribution is 7.98. The first-order valence-corrected chi connectivity index (χ1v) is 5.65. The minimum absolute atomic E-state index is 0.264. The molecule has 0 saturated carbocycles. The van der Waals surface area contributed by atoms with Crippen molar-refractivity contribution in [3.8, 4) is 0 Å². The normalized spacial score (nSPS) is 12.5. The number of nitrogens with zero attached hydrogens (tertiary/aromatic N) is 1. The zero-order valence-corrected chi connectivity index (χ0v) is 9.07. The third kappa shape index (κ3) is 2.32. The largest absolute Gasteiger partial charge is 0.209 e. The standard InChI is InChI=1S/C10H13FN2S/c1-3-10(13-12)8-5-4-7(14-2)6-9(8)11/h4-6,10,12H,3H2,1-2H3. The number of thioether (sulfide) groups is 1. The van der Waals surface area contributed by atoms with E-state index in [2.05, 4.69) is 5.11 Å². The predicted molar refractivity (Wildman–Crippen MR) is 56.4 cm³/mol. The van der Waals surface area contributed by atoms with Crippen LogP contribution in [0, 0.1) is 11.3 Å². The first-order valence-electron chi connectivity index (χ1n) is 4.43. The lowest BCUT2D eigenvalue weighted by Crippen LogP contribution is -1.96. The second-order valence-electron chi connectivity index (χ2n) is 2.94. The van der Waals surface area contributed by atoms with Gasteiger partial charge in [-0.25, -0.2) is 9.92 Å². The van der Waals surface area contributed by atoms with Gasteiger partial charge in [0, 0.05) is 10.5 Å². The Morgan fingerprint density at radius 3 is 2.71 bits per heavy atom. The molecule has 0 heterocycles. The van der Waals surface area contributed by atoms with E-state index in [1.54, 1.807) is 6.07 Å². The van der Waals surface area contributed by atoms with Crippen molar-refractivity contribution < 1.29 is 4.39 Å². The number of hydrogen-bond donors (Lipinski definition) is 1. The van der Waals surface area contributed by atoms with Crippen LogP contribution in [0.4, 0.5) is 4.39 Å². The SMILES string of the molecule is CCC(N=N)c1ccc(SC)cc1F. The first-order chi connectivity index (χ1) is 6.72. The highest BCUT2D eigenvalue weighted by atomic mass is 32.2. The Labute approximate surface area is 87.4 Å². The molecule has 14 heavy (non-hydrogen) atoms. The topological polar surface area (TPSA) is 36.2 Å². The molecule has 76 valence electrons. The van der Waals surface area contributed by atoms with E-state index >= 15 is 0 Å². The fourth-order valence-electron chi connectivity index (χ4n) is 1.29.